The van der Waals surface area contributed by atoms with Gasteiger partial charge in [-0.1, -0.05) is 123 Å². The molecule has 0 radical (unpaired) electrons. The largest absolute Gasteiger partial charge is 0.756 e. The predicted molar refractivity (Wildman–Crippen MR) is 239 cm³/mol. The highest BCUT2D eigenvalue weighted by atomic mass is 31.2. The molecule has 59 heavy (non-hydrogen) atoms. The van der Waals surface area contributed by atoms with E-state index >= 15 is 0 Å². The van der Waals surface area contributed by atoms with E-state index in [0.29, 0.717) is 36.1 Å². The van der Waals surface area contributed by atoms with Crippen LogP contribution in [0.2, 0.25) is 0 Å². The lowest BCUT2D eigenvalue weighted by Crippen LogP contribution is -2.37. The fraction of sp³-hybridized carbons (Fsp3) is 0.583. The van der Waals surface area contributed by atoms with E-state index in [1.807, 2.05) is 33.3 Å². The van der Waals surface area contributed by atoms with Gasteiger partial charge in [0.2, 0.25) is 0 Å². The van der Waals surface area contributed by atoms with Crippen molar-refractivity contribution in [1.82, 2.24) is 0 Å². The lowest BCUT2D eigenvalue weighted by atomic mass is 10.1. The van der Waals surface area contributed by atoms with Gasteiger partial charge in [-0.25, -0.2) is 0 Å². The maximum atomic E-state index is 12.6. The summed E-state index contributed by atoms with van der Waals surface area (Å²) in [5.41, 5.74) is 0. The number of esters is 2. The van der Waals surface area contributed by atoms with Crippen molar-refractivity contribution in [2.24, 2.45) is 0 Å². The fourth-order valence-corrected chi connectivity index (χ4v) is 5.97. The number of carbonyl (C=O) groups is 2. The van der Waals surface area contributed by atoms with E-state index in [4.69, 9.17) is 23.3 Å². The first-order chi connectivity index (χ1) is 28.5. The number of carbonyl (C=O) groups excluding carboxylic acids is 2. The van der Waals surface area contributed by atoms with Crippen LogP contribution in [0.25, 0.3) is 0 Å². The van der Waals surface area contributed by atoms with Crippen molar-refractivity contribution in [3.8, 4) is 0 Å². The molecule has 0 aliphatic carbocycles. The second-order valence-electron chi connectivity index (χ2n) is 15.3. The molecule has 1 aliphatic heterocycles. The number of phosphoric ester groups is 1. The summed E-state index contributed by atoms with van der Waals surface area (Å²) in [6.07, 6.45) is 50.4. The molecule has 10 nitrogen and oxygen atoms in total. The summed E-state index contributed by atoms with van der Waals surface area (Å²) in [4.78, 5) is 37.5. The van der Waals surface area contributed by atoms with Crippen LogP contribution in [-0.4, -0.2) is 82.2 Å². The molecule has 0 aromatic carbocycles. The lowest BCUT2D eigenvalue weighted by Gasteiger charge is -2.28. The second kappa shape index (κ2) is 35.4. The van der Waals surface area contributed by atoms with Gasteiger partial charge in [0.1, 0.15) is 19.8 Å². The number of hydrogen-bond acceptors (Lipinski definition) is 9. The van der Waals surface area contributed by atoms with Gasteiger partial charge in [0, 0.05) is 12.8 Å². The zero-order valence-corrected chi connectivity index (χ0v) is 37.7. The highest BCUT2D eigenvalue weighted by molar-refractivity contribution is 7.45. The quantitative estimate of drug-likeness (QED) is 0.0151. The van der Waals surface area contributed by atoms with Crippen LogP contribution in [0.15, 0.2) is 109 Å². The van der Waals surface area contributed by atoms with E-state index in [9.17, 15) is 19.0 Å². The summed E-state index contributed by atoms with van der Waals surface area (Å²) in [5, 5.41) is 0. The van der Waals surface area contributed by atoms with Gasteiger partial charge >= 0.3 is 11.9 Å². The van der Waals surface area contributed by atoms with Crippen molar-refractivity contribution < 1.29 is 46.8 Å². The molecule has 0 aromatic rings. The van der Waals surface area contributed by atoms with Crippen molar-refractivity contribution in [3.63, 3.8) is 0 Å². The summed E-state index contributed by atoms with van der Waals surface area (Å²) in [6, 6.07) is 0. The van der Waals surface area contributed by atoms with Crippen molar-refractivity contribution in [2.45, 2.75) is 135 Å². The van der Waals surface area contributed by atoms with Crippen molar-refractivity contribution in [2.75, 3.05) is 47.5 Å². The molecule has 332 valence electrons. The van der Waals surface area contributed by atoms with E-state index < -0.39 is 32.5 Å². The van der Waals surface area contributed by atoms with Crippen LogP contribution in [0.1, 0.15) is 117 Å². The molecule has 4 atom stereocenters. The SMILES string of the molecule is CC/C=C\C/C=C\C/C=C\C/C=C\CCCCC(=O)O[C@H](COC(=O)CC/C=C\C/C=C\C/C=C\C/C=C\CC1OC1C/C=C\CC)COP(=O)([O-])OCC[N+](C)(C)C. The number of epoxide rings is 1. The molecule has 1 aliphatic rings. The molecule has 0 amide bonds. The van der Waals surface area contributed by atoms with Gasteiger partial charge in [-0.2, -0.15) is 0 Å². The first-order valence-corrected chi connectivity index (χ1v) is 23.2. The number of ether oxygens (including phenoxy) is 3. The third-order valence-corrected chi connectivity index (χ3v) is 9.67. The highest BCUT2D eigenvalue weighted by Crippen LogP contribution is 2.38. The number of unbranched alkanes of at least 4 members (excludes halogenated alkanes) is 2. The zero-order valence-electron chi connectivity index (χ0n) is 36.8. The molecular formula is C48H76NO9P. The molecule has 0 bridgehead atoms. The minimum absolute atomic E-state index is 0.0589. The summed E-state index contributed by atoms with van der Waals surface area (Å²) < 4.78 is 39.4. The normalized spacial score (nSPS) is 18.1. The van der Waals surface area contributed by atoms with Crippen LogP contribution in [0.4, 0.5) is 0 Å². The number of rotatable bonds is 36. The molecule has 0 saturated carbocycles. The fourth-order valence-electron chi connectivity index (χ4n) is 5.24. The van der Waals surface area contributed by atoms with Crippen LogP contribution in [0, 0.1) is 0 Å². The Kier molecular flexibility index (Phi) is 32.2. The predicted octanol–water partition coefficient (Wildman–Crippen LogP) is 10.7. The Morgan fingerprint density at radius 3 is 1.63 bits per heavy atom. The Bertz CT molecular complexity index is 1430. The van der Waals surface area contributed by atoms with E-state index in [1.54, 1.807) is 0 Å². The van der Waals surface area contributed by atoms with Gasteiger partial charge in [-0.15, -0.1) is 0 Å². The van der Waals surface area contributed by atoms with Gasteiger partial charge in [-0.3, -0.25) is 14.2 Å². The Hall–Kier alpha value is -3.37. The third kappa shape index (κ3) is 36.2. The number of likely N-dealkylation sites (N-methyl/N-ethyl adjacent to an activating group) is 1. The van der Waals surface area contributed by atoms with Gasteiger partial charge < -0.3 is 32.6 Å². The van der Waals surface area contributed by atoms with Crippen molar-refractivity contribution in [1.29, 1.82) is 0 Å². The van der Waals surface area contributed by atoms with E-state index in [-0.39, 0.29) is 26.1 Å². The first kappa shape index (κ1) is 53.6. The van der Waals surface area contributed by atoms with Crippen LogP contribution < -0.4 is 4.89 Å². The Balaban J connectivity index is 2.37. The average Bonchev–Trinajstić information content (AvgIpc) is 3.94. The summed E-state index contributed by atoms with van der Waals surface area (Å²) in [7, 11) is 1.07. The standard InChI is InChI=1S/C48H76NO9P/c1-6-8-10-11-12-13-14-15-16-17-22-25-28-31-35-39-48(51)57-44(43-56-59(52,53)55-41-40-49(3,4)5)42-54-47(50)38-34-30-27-24-21-19-18-20-23-26-29-33-37-46-45(58-46)36-32-9-7-2/h8-10,12-13,15-16,19-23,25,27,29-30,32-33,44-46H,6-7,11,14,17-18,24,26,28,31,34-43H2,1-5H3/b10-8-,13-12-,16-15-,21-19-,23-20-,25-22-,30-27-,32-9-,33-29-/t44-,45?,46?/m1/s1. The minimum atomic E-state index is -4.66. The molecule has 11 heteroatoms. The molecule has 3 unspecified atom stereocenters. The number of phosphoric acid groups is 1. The molecule has 0 N–H and O–H groups in total. The monoisotopic (exact) mass is 842 g/mol. The zero-order chi connectivity index (χ0) is 43.3. The molecule has 0 aromatic heterocycles. The van der Waals surface area contributed by atoms with Crippen molar-refractivity contribution in [3.05, 3.63) is 109 Å². The molecule has 1 heterocycles. The maximum Gasteiger partial charge on any atom is 0.306 e. The number of quaternary nitrogens is 1. The minimum Gasteiger partial charge on any atom is -0.756 e. The molecule has 1 fully saturated rings. The molecule has 0 spiro atoms. The summed E-state index contributed by atoms with van der Waals surface area (Å²) in [5.74, 6) is -1.00. The van der Waals surface area contributed by atoms with E-state index in [0.717, 1.165) is 77.0 Å². The van der Waals surface area contributed by atoms with Gasteiger partial charge in [0.25, 0.3) is 7.82 Å². The van der Waals surface area contributed by atoms with Crippen LogP contribution in [0.5, 0.6) is 0 Å². The Morgan fingerprint density at radius 2 is 1.08 bits per heavy atom. The Morgan fingerprint density at radius 1 is 0.610 bits per heavy atom. The smallest absolute Gasteiger partial charge is 0.306 e. The Labute approximate surface area is 357 Å². The van der Waals surface area contributed by atoms with E-state index in [2.05, 4.69) is 111 Å². The van der Waals surface area contributed by atoms with Gasteiger partial charge in [0.15, 0.2) is 6.10 Å². The topological polar surface area (TPSA) is 124 Å². The molecule has 1 saturated heterocycles. The highest BCUT2D eigenvalue weighted by Gasteiger charge is 2.35. The van der Waals surface area contributed by atoms with Crippen LogP contribution in [0.3, 0.4) is 0 Å². The van der Waals surface area contributed by atoms with Gasteiger partial charge in [-0.05, 0) is 89.9 Å². The van der Waals surface area contributed by atoms with Crippen LogP contribution >= 0.6 is 7.82 Å². The molecule has 1 rings (SSSR count). The maximum absolute atomic E-state index is 12.6. The van der Waals surface area contributed by atoms with Crippen molar-refractivity contribution >= 4 is 19.8 Å². The first-order valence-electron chi connectivity index (χ1n) is 21.7. The average molecular weight is 842 g/mol. The summed E-state index contributed by atoms with van der Waals surface area (Å²) >= 11 is 0. The number of hydrogen-bond donors (Lipinski definition) is 0. The lowest BCUT2D eigenvalue weighted by molar-refractivity contribution is -0.870. The number of nitrogens with zero attached hydrogens (tertiary/aromatic N) is 1. The van der Waals surface area contributed by atoms with Gasteiger partial charge in [0.05, 0.1) is 40.0 Å². The number of allylic oxidation sites excluding steroid dienone is 16. The molecular weight excluding hydrogens is 766 g/mol. The van der Waals surface area contributed by atoms with Crippen LogP contribution in [-0.2, 0) is 37.4 Å². The second-order valence-corrected chi connectivity index (χ2v) is 16.7. The summed E-state index contributed by atoms with van der Waals surface area (Å²) in [6.45, 7) is 3.81. The third-order valence-electron chi connectivity index (χ3n) is 8.70. The van der Waals surface area contributed by atoms with E-state index in [1.165, 1.54) is 0 Å².